The van der Waals surface area contributed by atoms with E-state index in [2.05, 4.69) is 25.0 Å². The molecule has 0 N–H and O–H groups in total. The largest absolute Gasteiger partial charge is 0.497 e. The van der Waals surface area contributed by atoms with E-state index in [1.165, 1.54) is 11.8 Å². The summed E-state index contributed by atoms with van der Waals surface area (Å²) in [6.45, 7) is 1.49. The number of nitrogens with zero attached hydrogens (tertiary/aromatic N) is 5. The third kappa shape index (κ3) is 4.35. The quantitative estimate of drug-likeness (QED) is 0.376. The molecule has 1 unspecified atom stereocenters. The van der Waals surface area contributed by atoms with Crippen molar-refractivity contribution in [3.05, 3.63) is 48.6 Å². The second kappa shape index (κ2) is 8.94. The second-order valence-electron chi connectivity index (χ2n) is 7.05. The van der Waals surface area contributed by atoms with Crippen LogP contribution in [0.2, 0.25) is 0 Å². The van der Waals surface area contributed by atoms with Gasteiger partial charge in [0.15, 0.2) is 16.7 Å². The summed E-state index contributed by atoms with van der Waals surface area (Å²) in [4.78, 5) is 0. The molecule has 0 spiro atoms. The van der Waals surface area contributed by atoms with Gasteiger partial charge in [-0.1, -0.05) is 11.8 Å². The number of aromatic nitrogens is 5. The van der Waals surface area contributed by atoms with E-state index in [0.717, 1.165) is 41.7 Å². The van der Waals surface area contributed by atoms with Gasteiger partial charge in [0.2, 0.25) is 5.89 Å². The summed E-state index contributed by atoms with van der Waals surface area (Å²) >= 11 is 1.50. The highest BCUT2D eigenvalue weighted by Crippen LogP contribution is 2.29. The fraction of sp³-hybridized carbons (Fsp3) is 0.333. The Morgan fingerprint density at radius 2 is 2.03 bits per heavy atom. The average Bonchev–Trinajstić information content (AvgIpc) is 3.61. The highest BCUT2D eigenvalue weighted by Gasteiger charge is 2.22. The molecule has 3 aromatic heterocycles. The molecular formula is C21H21N5O4S. The number of hydrogen-bond donors (Lipinski definition) is 0. The van der Waals surface area contributed by atoms with Crippen LogP contribution >= 0.6 is 11.8 Å². The molecule has 0 aliphatic carbocycles. The lowest BCUT2D eigenvalue weighted by atomic mass is 10.2. The smallest absolute Gasteiger partial charge is 0.283 e. The predicted octanol–water partition coefficient (Wildman–Crippen LogP) is 4.07. The van der Waals surface area contributed by atoms with Crippen molar-refractivity contribution in [3.63, 3.8) is 0 Å². The van der Waals surface area contributed by atoms with Crippen LogP contribution in [-0.4, -0.2) is 44.8 Å². The molecule has 9 nitrogen and oxygen atoms in total. The molecule has 4 heterocycles. The van der Waals surface area contributed by atoms with Gasteiger partial charge in [0, 0.05) is 12.2 Å². The van der Waals surface area contributed by atoms with E-state index in [1.807, 2.05) is 24.3 Å². The van der Waals surface area contributed by atoms with Gasteiger partial charge < -0.3 is 18.3 Å². The second-order valence-corrected chi connectivity index (χ2v) is 7.99. The molecule has 0 radical (unpaired) electrons. The van der Waals surface area contributed by atoms with Crippen LogP contribution in [0.5, 0.6) is 5.75 Å². The van der Waals surface area contributed by atoms with E-state index in [1.54, 1.807) is 25.5 Å². The van der Waals surface area contributed by atoms with E-state index in [4.69, 9.17) is 18.3 Å². The van der Waals surface area contributed by atoms with Crippen LogP contribution in [0.4, 0.5) is 0 Å². The Morgan fingerprint density at radius 3 is 2.77 bits per heavy atom. The summed E-state index contributed by atoms with van der Waals surface area (Å²) < 4.78 is 24.2. The maximum Gasteiger partial charge on any atom is 0.283 e. The molecule has 0 bridgehead atoms. The molecule has 1 saturated heterocycles. The summed E-state index contributed by atoms with van der Waals surface area (Å²) in [6.07, 6.45) is 3.83. The Hall–Kier alpha value is -3.11. The summed E-state index contributed by atoms with van der Waals surface area (Å²) in [7, 11) is 1.65. The minimum Gasteiger partial charge on any atom is -0.497 e. The first-order valence-corrected chi connectivity index (χ1v) is 11.0. The van der Waals surface area contributed by atoms with Crippen molar-refractivity contribution in [2.45, 2.75) is 36.4 Å². The number of thioether (sulfide) groups is 1. The molecular weight excluding hydrogens is 418 g/mol. The lowest BCUT2D eigenvalue weighted by molar-refractivity contribution is 0.0953. The number of benzene rings is 1. The zero-order valence-corrected chi connectivity index (χ0v) is 17.7. The first-order chi connectivity index (χ1) is 15.3. The van der Waals surface area contributed by atoms with Crippen LogP contribution in [0.1, 0.15) is 18.7 Å². The van der Waals surface area contributed by atoms with Crippen molar-refractivity contribution in [1.29, 1.82) is 0 Å². The maximum absolute atomic E-state index is 5.86. The monoisotopic (exact) mass is 439 g/mol. The predicted molar refractivity (Wildman–Crippen MR) is 113 cm³/mol. The van der Waals surface area contributed by atoms with Crippen molar-refractivity contribution < 1.29 is 18.3 Å². The minimum atomic E-state index is 0.154. The fourth-order valence-corrected chi connectivity index (χ4v) is 4.23. The molecule has 160 valence electrons. The Balaban J connectivity index is 1.37. The number of furan rings is 1. The topological polar surface area (TPSA) is 101 Å². The van der Waals surface area contributed by atoms with Crippen molar-refractivity contribution >= 4 is 11.8 Å². The van der Waals surface area contributed by atoms with Crippen molar-refractivity contribution in [2.24, 2.45) is 0 Å². The highest BCUT2D eigenvalue weighted by molar-refractivity contribution is 7.98. The fourth-order valence-electron chi connectivity index (χ4n) is 3.44. The Bertz CT molecular complexity index is 1120. The minimum absolute atomic E-state index is 0.154. The lowest BCUT2D eigenvalue weighted by Gasteiger charge is -2.14. The Morgan fingerprint density at radius 1 is 1.13 bits per heavy atom. The summed E-state index contributed by atoms with van der Waals surface area (Å²) in [5, 5.41) is 17.8. The van der Waals surface area contributed by atoms with E-state index < -0.39 is 0 Å². The molecule has 1 aromatic carbocycles. The number of rotatable bonds is 8. The van der Waals surface area contributed by atoms with Gasteiger partial charge in [-0.2, -0.15) is 0 Å². The summed E-state index contributed by atoms with van der Waals surface area (Å²) in [5.74, 6) is 3.47. The van der Waals surface area contributed by atoms with Gasteiger partial charge in [0.05, 0.1) is 31.8 Å². The van der Waals surface area contributed by atoms with Crippen molar-refractivity contribution in [2.75, 3.05) is 13.7 Å². The highest BCUT2D eigenvalue weighted by atomic mass is 32.2. The molecule has 0 amide bonds. The SMILES string of the molecule is COc1ccc(-c2nnc(SCc3nnc(-c4ccco4)o3)n2CC2CCCO2)cc1. The first kappa shape index (κ1) is 19.8. The van der Waals surface area contributed by atoms with Gasteiger partial charge in [-0.05, 0) is 49.2 Å². The zero-order chi connectivity index (χ0) is 21.0. The zero-order valence-electron chi connectivity index (χ0n) is 16.9. The van der Waals surface area contributed by atoms with Crippen molar-refractivity contribution in [3.8, 4) is 28.8 Å². The lowest BCUT2D eigenvalue weighted by Crippen LogP contribution is -2.16. The maximum atomic E-state index is 5.86. The third-order valence-electron chi connectivity index (χ3n) is 5.00. The van der Waals surface area contributed by atoms with Crippen LogP contribution in [0.25, 0.3) is 23.0 Å². The Labute approximate surface area is 182 Å². The summed E-state index contributed by atoms with van der Waals surface area (Å²) in [5.41, 5.74) is 0.969. The van der Waals surface area contributed by atoms with Gasteiger partial charge in [0.1, 0.15) is 5.75 Å². The first-order valence-electron chi connectivity index (χ1n) is 9.98. The molecule has 10 heteroatoms. The number of ether oxygens (including phenoxy) is 2. The van der Waals surface area contributed by atoms with E-state index in [-0.39, 0.29) is 6.10 Å². The molecule has 1 aliphatic rings. The summed E-state index contributed by atoms with van der Waals surface area (Å²) in [6, 6.07) is 11.4. The molecule has 4 aromatic rings. The molecule has 31 heavy (non-hydrogen) atoms. The van der Waals surface area contributed by atoms with Gasteiger partial charge in [0.25, 0.3) is 5.89 Å². The molecule has 1 atom stereocenters. The molecule has 1 aliphatic heterocycles. The van der Waals surface area contributed by atoms with E-state index >= 15 is 0 Å². The van der Waals surface area contributed by atoms with Crippen LogP contribution in [0.3, 0.4) is 0 Å². The standard InChI is InChI=1S/C21H21N5O4S/c1-27-15-8-6-14(7-9-15)19-23-25-21(26(19)12-16-4-2-10-28-16)31-13-18-22-24-20(30-18)17-5-3-11-29-17/h3,5-9,11,16H,2,4,10,12-13H2,1H3. The third-order valence-corrected chi connectivity index (χ3v) is 5.95. The van der Waals surface area contributed by atoms with E-state index in [9.17, 15) is 0 Å². The van der Waals surface area contributed by atoms with Gasteiger partial charge >= 0.3 is 0 Å². The van der Waals surface area contributed by atoms with Crippen LogP contribution in [0, 0.1) is 0 Å². The van der Waals surface area contributed by atoms with Crippen molar-refractivity contribution in [1.82, 2.24) is 25.0 Å². The molecule has 1 fully saturated rings. The van der Waals surface area contributed by atoms with E-state index in [0.29, 0.717) is 29.8 Å². The Kier molecular flexibility index (Phi) is 5.72. The number of hydrogen-bond acceptors (Lipinski definition) is 9. The van der Waals surface area contributed by atoms with Crippen LogP contribution < -0.4 is 4.74 Å². The van der Waals surface area contributed by atoms with Crippen LogP contribution in [-0.2, 0) is 17.0 Å². The number of methoxy groups -OCH3 is 1. The molecule has 0 saturated carbocycles. The van der Waals surface area contributed by atoms with Gasteiger partial charge in [-0.15, -0.1) is 20.4 Å². The normalized spacial score (nSPS) is 16.1. The van der Waals surface area contributed by atoms with Gasteiger partial charge in [-0.3, -0.25) is 4.57 Å². The average molecular weight is 439 g/mol. The molecule has 5 rings (SSSR count). The van der Waals surface area contributed by atoms with Gasteiger partial charge in [-0.25, -0.2) is 0 Å². The van der Waals surface area contributed by atoms with Crippen LogP contribution in [0.15, 0.2) is 56.7 Å².